The van der Waals surface area contributed by atoms with Crippen LogP contribution >= 0.6 is 23.1 Å². The van der Waals surface area contributed by atoms with Crippen LogP contribution < -0.4 is 4.74 Å². The molecule has 2 aromatic heterocycles. The Morgan fingerprint density at radius 3 is 2.51 bits per heavy atom. The fourth-order valence-corrected chi connectivity index (χ4v) is 7.01. The molecule has 1 unspecified atom stereocenters. The molecule has 0 radical (unpaired) electrons. The van der Waals surface area contributed by atoms with Crippen molar-refractivity contribution in [2.24, 2.45) is 17.8 Å². The molecule has 12 heteroatoms. The molecule has 5 rings (SSSR count). The molecule has 0 saturated carbocycles. The van der Waals surface area contributed by atoms with E-state index >= 15 is 0 Å². The maximum absolute atomic E-state index is 13.7. The normalized spacial score (nSPS) is 22.1. The molecule has 2 aliphatic rings. The topological polar surface area (TPSA) is 120 Å². The number of para-hydroxylation sites is 1. The number of esters is 1. The molecule has 10 nitrogen and oxygen atoms in total. The van der Waals surface area contributed by atoms with Crippen LogP contribution in [0, 0.1) is 17.8 Å². The van der Waals surface area contributed by atoms with Gasteiger partial charge in [0.05, 0.1) is 22.9 Å². The van der Waals surface area contributed by atoms with Gasteiger partial charge in [0, 0.05) is 23.6 Å². The van der Waals surface area contributed by atoms with Gasteiger partial charge in [0.15, 0.2) is 0 Å². The van der Waals surface area contributed by atoms with Crippen molar-refractivity contribution in [3.8, 4) is 5.75 Å². The number of ether oxygens (including phenoxy) is 3. The Morgan fingerprint density at radius 2 is 1.87 bits per heavy atom. The van der Waals surface area contributed by atoms with Gasteiger partial charge in [0.2, 0.25) is 5.91 Å². The van der Waals surface area contributed by atoms with E-state index in [9.17, 15) is 19.5 Å². The average Bonchev–Trinajstić information content (AvgIpc) is 3.53. The lowest BCUT2D eigenvalue weighted by molar-refractivity contribution is -0.180. The average molecular weight is 572 g/mol. The molecular weight excluding hydrogens is 542 g/mol. The SMILES string of the molecule is CSc1ncn2cc(C3=C(C(=O)OC(OC(=O)Oc4ccccc4)C(C)C)N4C(=O)[C@H]([C@@H](C)O)[C@H]4[C@H]3C)sc12. The maximum atomic E-state index is 13.7. The Morgan fingerprint density at radius 1 is 1.15 bits per heavy atom. The second-order valence-electron chi connectivity index (χ2n) is 9.88. The second kappa shape index (κ2) is 10.7. The molecule has 1 N–H and O–H groups in total. The summed E-state index contributed by atoms with van der Waals surface area (Å²) in [6.07, 6.45) is 2.39. The first-order valence-corrected chi connectivity index (χ1v) is 14.6. The predicted molar refractivity (Wildman–Crippen MR) is 145 cm³/mol. The van der Waals surface area contributed by atoms with E-state index < -0.39 is 42.4 Å². The van der Waals surface area contributed by atoms with E-state index in [1.54, 1.807) is 57.4 Å². The van der Waals surface area contributed by atoms with Crippen molar-refractivity contribution in [1.82, 2.24) is 14.3 Å². The van der Waals surface area contributed by atoms with E-state index in [1.807, 2.05) is 23.8 Å². The zero-order chi connectivity index (χ0) is 28.0. The summed E-state index contributed by atoms with van der Waals surface area (Å²) in [7, 11) is 0. The number of hydrogen-bond acceptors (Lipinski definition) is 10. The summed E-state index contributed by atoms with van der Waals surface area (Å²) >= 11 is 2.98. The van der Waals surface area contributed by atoms with Crippen molar-refractivity contribution in [3.05, 3.63) is 53.4 Å². The minimum absolute atomic E-state index is 0.100. The lowest BCUT2D eigenvalue weighted by atomic mass is 9.77. The molecule has 206 valence electrons. The van der Waals surface area contributed by atoms with Crippen LogP contribution in [0.2, 0.25) is 0 Å². The monoisotopic (exact) mass is 571 g/mol. The lowest BCUT2D eigenvalue weighted by Crippen LogP contribution is -2.63. The van der Waals surface area contributed by atoms with Crippen LogP contribution in [0.4, 0.5) is 4.79 Å². The predicted octanol–water partition coefficient (Wildman–Crippen LogP) is 4.43. The number of nitrogens with zero attached hydrogens (tertiary/aromatic N) is 3. The number of carbonyl (C=O) groups excluding carboxylic acids is 3. The molecule has 4 heterocycles. The van der Waals surface area contributed by atoms with Gasteiger partial charge < -0.3 is 24.2 Å². The molecule has 0 bridgehead atoms. The number of aliphatic hydroxyl groups is 1. The first-order valence-electron chi connectivity index (χ1n) is 12.5. The Labute approximate surface area is 233 Å². The highest BCUT2D eigenvalue weighted by Gasteiger charge is 2.60. The molecule has 0 spiro atoms. The highest BCUT2D eigenvalue weighted by atomic mass is 32.2. The second-order valence-corrected chi connectivity index (χ2v) is 11.7. The van der Waals surface area contributed by atoms with E-state index in [-0.39, 0.29) is 23.3 Å². The zero-order valence-electron chi connectivity index (χ0n) is 22.1. The number of aromatic nitrogens is 2. The molecule has 1 aromatic carbocycles. The summed E-state index contributed by atoms with van der Waals surface area (Å²) in [4.78, 5) is 46.8. The van der Waals surface area contributed by atoms with E-state index in [1.165, 1.54) is 28.0 Å². The van der Waals surface area contributed by atoms with Crippen molar-refractivity contribution in [1.29, 1.82) is 0 Å². The Kier molecular flexibility index (Phi) is 7.45. The highest BCUT2D eigenvalue weighted by Crippen LogP contribution is 2.52. The minimum atomic E-state index is -1.26. The number of thiazole rings is 1. The summed E-state index contributed by atoms with van der Waals surface area (Å²) in [5, 5.41) is 11.2. The number of thioether (sulfide) groups is 1. The van der Waals surface area contributed by atoms with E-state index in [4.69, 9.17) is 14.2 Å². The Hall–Kier alpha value is -3.35. The number of imidazole rings is 1. The standard InChI is InChI=1S/C27H29N3O7S2/c1-13(2)26(37-27(34)35-16-9-7-6-8-10-16)36-25(33)21-18(14(3)20-19(15(4)31)23(32)30(20)21)17-11-29-12-28-22(38-5)24(29)39-17/h6-15,19-20,26,31H,1-5H3/t14-,15+,19+,20+,26?/m0/s1. The fourth-order valence-electron chi connectivity index (χ4n) is 5.09. The van der Waals surface area contributed by atoms with Gasteiger partial charge in [-0.2, -0.15) is 0 Å². The molecule has 2 aliphatic heterocycles. The summed E-state index contributed by atoms with van der Waals surface area (Å²) in [5.41, 5.74) is 0.750. The number of carbonyl (C=O) groups is 3. The summed E-state index contributed by atoms with van der Waals surface area (Å²) in [6.45, 7) is 6.99. The Bertz CT molecular complexity index is 1450. The third-order valence-corrected chi connectivity index (χ3v) is 8.89. The maximum Gasteiger partial charge on any atom is 0.516 e. The van der Waals surface area contributed by atoms with Gasteiger partial charge >= 0.3 is 12.1 Å². The minimum Gasteiger partial charge on any atom is -0.420 e. The number of aliphatic hydroxyl groups excluding tert-OH is 1. The van der Waals surface area contributed by atoms with Crippen LogP contribution in [-0.2, 0) is 19.1 Å². The number of amides is 1. The van der Waals surface area contributed by atoms with Crippen molar-refractivity contribution in [2.75, 3.05) is 6.26 Å². The van der Waals surface area contributed by atoms with Crippen LogP contribution in [0.3, 0.4) is 0 Å². The zero-order valence-corrected chi connectivity index (χ0v) is 23.7. The molecule has 39 heavy (non-hydrogen) atoms. The number of β-lactam (4-membered cyclic amide) rings is 1. The lowest BCUT2D eigenvalue weighted by Gasteiger charge is -2.46. The van der Waals surface area contributed by atoms with Gasteiger partial charge in [-0.05, 0) is 25.3 Å². The molecule has 1 amide bonds. The molecule has 1 fully saturated rings. The number of benzene rings is 1. The number of fused-ring (bicyclic) bond motifs is 2. The Balaban J connectivity index is 1.47. The van der Waals surface area contributed by atoms with Crippen LogP contribution in [0.5, 0.6) is 5.75 Å². The van der Waals surface area contributed by atoms with Crippen molar-refractivity contribution >= 4 is 51.5 Å². The third kappa shape index (κ3) is 4.81. The molecule has 5 atom stereocenters. The summed E-state index contributed by atoms with van der Waals surface area (Å²) in [5.74, 6) is -2.12. The van der Waals surface area contributed by atoms with Crippen molar-refractivity contribution < 1.29 is 33.7 Å². The molecule has 0 aliphatic carbocycles. The van der Waals surface area contributed by atoms with E-state index in [0.29, 0.717) is 5.57 Å². The summed E-state index contributed by atoms with van der Waals surface area (Å²) < 4.78 is 18.2. The fraction of sp³-hybridized carbons (Fsp3) is 0.407. The quantitative estimate of drug-likeness (QED) is 0.138. The van der Waals surface area contributed by atoms with Gasteiger partial charge in [-0.25, -0.2) is 14.6 Å². The highest BCUT2D eigenvalue weighted by molar-refractivity contribution is 7.98. The van der Waals surface area contributed by atoms with Gasteiger partial charge in [-0.15, -0.1) is 23.1 Å². The molecule has 3 aromatic rings. The third-order valence-electron chi connectivity index (χ3n) is 6.93. The molecular formula is C27H29N3O7S2. The van der Waals surface area contributed by atoms with E-state index in [2.05, 4.69) is 4.98 Å². The van der Waals surface area contributed by atoms with Crippen LogP contribution in [0.1, 0.15) is 32.6 Å². The van der Waals surface area contributed by atoms with E-state index in [0.717, 1.165) is 14.7 Å². The van der Waals surface area contributed by atoms with Gasteiger partial charge in [-0.3, -0.25) is 9.20 Å². The van der Waals surface area contributed by atoms with Crippen molar-refractivity contribution in [2.45, 2.75) is 51.2 Å². The summed E-state index contributed by atoms with van der Waals surface area (Å²) in [6, 6.07) is 8.02. The van der Waals surface area contributed by atoms with Crippen LogP contribution in [0.15, 0.2) is 53.6 Å². The largest absolute Gasteiger partial charge is 0.516 e. The van der Waals surface area contributed by atoms with Gasteiger partial charge in [0.25, 0.3) is 6.29 Å². The first-order chi connectivity index (χ1) is 18.6. The van der Waals surface area contributed by atoms with Crippen LogP contribution in [-0.4, -0.2) is 62.1 Å². The number of hydrogen-bond donors (Lipinski definition) is 1. The van der Waals surface area contributed by atoms with Crippen molar-refractivity contribution in [3.63, 3.8) is 0 Å². The van der Waals surface area contributed by atoms with Gasteiger partial charge in [-0.1, -0.05) is 39.0 Å². The van der Waals surface area contributed by atoms with Crippen LogP contribution in [0.25, 0.3) is 10.4 Å². The number of rotatable bonds is 8. The van der Waals surface area contributed by atoms with Gasteiger partial charge in [0.1, 0.15) is 27.6 Å². The first kappa shape index (κ1) is 27.2. The molecule has 1 saturated heterocycles. The smallest absolute Gasteiger partial charge is 0.420 e.